The summed E-state index contributed by atoms with van der Waals surface area (Å²) in [5.74, 6) is -1.53. The zero-order chi connectivity index (χ0) is 27.8. The molecule has 2 fully saturated rings. The molecule has 4 rings (SSSR count). The summed E-state index contributed by atoms with van der Waals surface area (Å²) in [6.45, 7) is 4.98. The maximum Gasteiger partial charge on any atom is 0.319 e. The molecule has 39 heavy (non-hydrogen) atoms. The Bertz CT molecular complexity index is 1180. The minimum Gasteiger partial charge on any atom is -0.481 e. The predicted octanol–water partition coefficient (Wildman–Crippen LogP) is 2.00. The van der Waals surface area contributed by atoms with Crippen molar-refractivity contribution in [1.29, 1.82) is 0 Å². The number of carboxylic acids is 1. The first kappa shape index (κ1) is 27.8. The van der Waals surface area contributed by atoms with E-state index in [4.69, 9.17) is 4.74 Å². The third-order valence-corrected chi connectivity index (χ3v) is 6.75. The standard InChI is InChI=1S/C27H34N6O6/c1-2-29-27(38)31-21-15-18(25(36)30-20(16-24(34)35)19-5-3-9-28-17-19)7-8-22(21)32-10-12-33(13-11-32)26(37)23-6-4-14-39-23/h3,5,7-9,15,17,20,23H,2,4,6,10-14,16H2,1H3,(H,30,36)(H,34,35)(H2,29,31,38). The van der Waals surface area contributed by atoms with E-state index >= 15 is 0 Å². The molecule has 2 unspecified atom stereocenters. The first-order chi connectivity index (χ1) is 18.9. The SMILES string of the molecule is CCNC(=O)Nc1cc(C(=O)NC(CC(=O)O)c2cccnc2)ccc1N1CCN(C(=O)C2CCCO2)CC1. The smallest absolute Gasteiger partial charge is 0.319 e. The van der Waals surface area contributed by atoms with Gasteiger partial charge < -0.3 is 35.6 Å². The largest absolute Gasteiger partial charge is 0.481 e. The Labute approximate surface area is 226 Å². The summed E-state index contributed by atoms with van der Waals surface area (Å²) in [7, 11) is 0. The molecular formula is C27H34N6O6. The topological polar surface area (TPSA) is 153 Å². The molecule has 4 N–H and O–H groups in total. The average Bonchev–Trinajstić information content (AvgIpc) is 3.48. The normalized spacial score (nSPS) is 17.8. The number of nitrogens with zero attached hydrogens (tertiary/aromatic N) is 3. The zero-order valence-electron chi connectivity index (χ0n) is 21.9. The molecule has 1 aromatic heterocycles. The summed E-state index contributed by atoms with van der Waals surface area (Å²) in [4.78, 5) is 57.7. The molecule has 208 valence electrons. The number of nitrogens with one attached hydrogen (secondary N) is 3. The van der Waals surface area contributed by atoms with Gasteiger partial charge in [-0.1, -0.05) is 6.07 Å². The van der Waals surface area contributed by atoms with Crippen LogP contribution >= 0.6 is 0 Å². The fraction of sp³-hybridized carbons (Fsp3) is 0.444. The van der Waals surface area contributed by atoms with E-state index in [0.29, 0.717) is 50.6 Å². The van der Waals surface area contributed by atoms with Crippen LogP contribution in [0.3, 0.4) is 0 Å². The van der Waals surface area contributed by atoms with Crippen molar-refractivity contribution in [2.45, 2.75) is 38.3 Å². The second-order valence-electron chi connectivity index (χ2n) is 9.44. The number of amides is 4. The van der Waals surface area contributed by atoms with Crippen molar-refractivity contribution in [2.24, 2.45) is 0 Å². The Balaban J connectivity index is 1.51. The molecular weight excluding hydrogens is 504 g/mol. The minimum absolute atomic E-state index is 0.0179. The van der Waals surface area contributed by atoms with Crippen LogP contribution in [0, 0.1) is 0 Å². The maximum atomic E-state index is 13.2. The third kappa shape index (κ3) is 7.23. The second-order valence-corrected chi connectivity index (χ2v) is 9.44. The van der Waals surface area contributed by atoms with E-state index in [9.17, 15) is 24.3 Å². The van der Waals surface area contributed by atoms with Gasteiger partial charge in [-0.05, 0) is 49.6 Å². The fourth-order valence-corrected chi connectivity index (χ4v) is 4.77. The first-order valence-electron chi connectivity index (χ1n) is 13.1. The number of hydrogen-bond acceptors (Lipinski definition) is 7. The van der Waals surface area contributed by atoms with E-state index in [1.54, 1.807) is 43.5 Å². The van der Waals surface area contributed by atoms with Gasteiger partial charge in [0.05, 0.1) is 23.8 Å². The molecule has 2 aliphatic heterocycles. The number of anilines is 2. The highest BCUT2D eigenvalue weighted by atomic mass is 16.5. The van der Waals surface area contributed by atoms with Gasteiger partial charge in [0.1, 0.15) is 6.10 Å². The highest BCUT2D eigenvalue weighted by molar-refractivity contribution is 6.00. The molecule has 0 saturated carbocycles. The van der Waals surface area contributed by atoms with Crippen molar-refractivity contribution < 1.29 is 29.0 Å². The van der Waals surface area contributed by atoms with Gasteiger partial charge in [-0.2, -0.15) is 0 Å². The van der Waals surface area contributed by atoms with E-state index in [-0.39, 0.29) is 24.0 Å². The number of urea groups is 1. The van der Waals surface area contributed by atoms with Crippen LogP contribution in [0.4, 0.5) is 16.2 Å². The molecule has 2 aromatic rings. The van der Waals surface area contributed by atoms with Crippen molar-refractivity contribution in [3.63, 3.8) is 0 Å². The quantitative estimate of drug-likeness (QED) is 0.378. The van der Waals surface area contributed by atoms with E-state index in [2.05, 4.69) is 25.8 Å². The van der Waals surface area contributed by atoms with E-state index in [1.165, 1.54) is 6.20 Å². The van der Waals surface area contributed by atoms with Crippen LogP contribution in [-0.2, 0) is 14.3 Å². The Kier molecular flexibility index (Phi) is 9.31. The third-order valence-electron chi connectivity index (χ3n) is 6.75. The number of aromatic nitrogens is 1. The van der Waals surface area contributed by atoms with Crippen LogP contribution in [-0.4, -0.2) is 84.2 Å². The lowest BCUT2D eigenvalue weighted by atomic mass is 10.0. The number of carboxylic acid groups (broad SMARTS) is 1. The Morgan fingerprint density at radius 1 is 1.15 bits per heavy atom. The number of carbonyl (C=O) groups is 4. The van der Waals surface area contributed by atoms with Gasteiger partial charge >= 0.3 is 12.0 Å². The minimum atomic E-state index is -1.06. The van der Waals surface area contributed by atoms with Crippen molar-refractivity contribution in [3.8, 4) is 0 Å². The van der Waals surface area contributed by atoms with Crippen molar-refractivity contribution in [3.05, 3.63) is 53.9 Å². The number of pyridine rings is 1. The number of rotatable bonds is 9. The molecule has 0 aliphatic carbocycles. The van der Waals surface area contributed by atoms with Crippen molar-refractivity contribution in [1.82, 2.24) is 20.5 Å². The number of piperazine rings is 1. The number of benzene rings is 1. The van der Waals surface area contributed by atoms with Crippen LogP contribution in [0.15, 0.2) is 42.7 Å². The van der Waals surface area contributed by atoms with Crippen molar-refractivity contribution >= 4 is 35.2 Å². The lowest BCUT2D eigenvalue weighted by molar-refractivity contribution is -0.141. The van der Waals surface area contributed by atoms with E-state index in [0.717, 1.165) is 18.5 Å². The molecule has 0 radical (unpaired) electrons. The summed E-state index contributed by atoms with van der Waals surface area (Å²) >= 11 is 0. The van der Waals surface area contributed by atoms with Gasteiger partial charge in [0.15, 0.2) is 0 Å². The van der Waals surface area contributed by atoms with Gasteiger partial charge in [-0.15, -0.1) is 0 Å². The number of ether oxygens (including phenoxy) is 1. The van der Waals surface area contributed by atoms with Gasteiger partial charge in [0.25, 0.3) is 11.8 Å². The number of carbonyl (C=O) groups excluding carboxylic acids is 3. The van der Waals surface area contributed by atoms with Crippen LogP contribution in [0.5, 0.6) is 0 Å². The number of aliphatic carboxylic acids is 1. The van der Waals surface area contributed by atoms with Crippen LogP contribution < -0.4 is 20.9 Å². The summed E-state index contributed by atoms with van der Waals surface area (Å²) in [5.41, 5.74) is 1.98. The Morgan fingerprint density at radius 2 is 1.95 bits per heavy atom. The molecule has 0 bridgehead atoms. The predicted molar refractivity (Wildman–Crippen MR) is 144 cm³/mol. The molecule has 12 nitrogen and oxygen atoms in total. The molecule has 1 aromatic carbocycles. The highest BCUT2D eigenvalue weighted by Crippen LogP contribution is 2.29. The van der Waals surface area contributed by atoms with Gasteiger partial charge in [-0.3, -0.25) is 19.4 Å². The Hall–Kier alpha value is -4.19. The van der Waals surface area contributed by atoms with Crippen LogP contribution in [0.1, 0.15) is 48.1 Å². The second kappa shape index (κ2) is 13.1. The Morgan fingerprint density at radius 3 is 2.59 bits per heavy atom. The molecule has 3 heterocycles. The molecule has 0 spiro atoms. The average molecular weight is 539 g/mol. The summed E-state index contributed by atoms with van der Waals surface area (Å²) in [6, 6.07) is 7.15. The summed E-state index contributed by atoms with van der Waals surface area (Å²) in [5, 5.41) is 17.6. The van der Waals surface area contributed by atoms with Crippen LogP contribution in [0.25, 0.3) is 0 Å². The zero-order valence-corrected chi connectivity index (χ0v) is 21.9. The van der Waals surface area contributed by atoms with Gasteiger partial charge in [-0.25, -0.2) is 4.79 Å². The maximum absolute atomic E-state index is 13.2. The fourth-order valence-electron chi connectivity index (χ4n) is 4.77. The van der Waals surface area contributed by atoms with Gasteiger partial charge in [0, 0.05) is 57.3 Å². The summed E-state index contributed by atoms with van der Waals surface area (Å²) < 4.78 is 5.54. The highest BCUT2D eigenvalue weighted by Gasteiger charge is 2.31. The van der Waals surface area contributed by atoms with Crippen molar-refractivity contribution in [2.75, 3.05) is 49.5 Å². The van der Waals surface area contributed by atoms with Crippen LogP contribution in [0.2, 0.25) is 0 Å². The van der Waals surface area contributed by atoms with E-state index in [1.807, 2.05) is 4.90 Å². The first-order valence-corrected chi connectivity index (χ1v) is 13.1. The number of hydrogen-bond donors (Lipinski definition) is 4. The molecule has 4 amide bonds. The van der Waals surface area contributed by atoms with Gasteiger partial charge in [0.2, 0.25) is 0 Å². The summed E-state index contributed by atoms with van der Waals surface area (Å²) in [6.07, 6.45) is 4.05. The molecule has 2 saturated heterocycles. The lowest BCUT2D eigenvalue weighted by Gasteiger charge is -2.37. The molecule has 12 heteroatoms. The molecule has 2 aliphatic rings. The molecule has 2 atom stereocenters. The lowest BCUT2D eigenvalue weighted by Crippen LogP contribution is -2.51. The monoisotopic (exact) mass is 538 g/mol. The van der Waals surface area contributed by atoms with E-state index < -0.39 is 23.9 Å².